The van der Waals surface area contributed by atoms with E-state index in [1.54, 1.807) is 67.8 Å². The molecule has 0 bridgehead atoms. The molecule has 3 saturated heterocycles. The van der Waals surface area contributed by atoms with Crippen molar-refractivity contribution in [3.63, 3.8) is 0 Å². The van der Waals surface area contributed by atoms with Crippen molar-refractivity contribution in [3.8, 4) is 34.3 Å². The minimum atomic E-state index is -1.95. The number of phenolic OH excluding ortho intramolecular Hbond substituents is 2. The summed E-state index contributed by atoms with van der Waals surface area (Å²) in [6, 6.07) is 23.3. The molecule has 4 aromatic carbocycles. The molecule has 5 aromatic heterocycles. The predicted octanol–water partition coefficient (Wildman–Crippen LogP) is 22.0. The third kappa shape index (κ3) is 30.2. The molecule has 0 aliphatic carbocycles. The molecule has 9 aromatic rings. The van der Waals surface area contributed by atoms with E-state index < -0.39 is 44.0 Å². The second-order valence-corrected chi connectivity index (χ2v) is 58.0. The second kappa shape index (κ2) is 49.2. The van der Waals surface area contributed by atoms with Crippen molar-refractivity contribution in [3.05, 3.63) is 176 Å². The van der Waals surface area contributed by atoms with Gasteiger partial charge in [0.05, 0.1) is 69.4 Å². The molecular formula is C92H147B3Br3ClKN8O12PSi3. The smallest absolute Gasteiger partial charge is 0.550 e. The van der Waals surface area contributed by atoms with Gasteiger partial charge in [-0.25, -0.2) is 15.0 Å². The van der Waals surface area contributed by atoms with Gasteiger partial charge in [-0.05, 0) is 292 Å². The third-order valence-electron chi connectivity index (χ3n) is 24.5. The standard InChI is InChI=1S/C22H39BO3Si.C16H27BrOSi.C14H13N3O.C12H24B2O4.C9H21ClSi.C7H6BrN3.C7H7BrO.C3H4N2.C2H4O2.K.H3P/c1-15(2)27(16(3)4,17(5)6)24-19-12-13-20(18(7)14-19)23-25-21(8,9)22(10,11)26-23;1-11(2)19(12(3)4,13(5)6)18-15-8-9-16(17)14(7)10-15;1-9-7-11(18)3-4-12(9)14-10(2)16-8-13-15-5-6-17(13)14;1-9(2)10(3,4)16-13(15-9)14-17-11(5,6)12(7,8)18-14;1-7(2)11(10,8(3)4)9(5)6;1-5-7(8)11-3-2-9-6(11)4-10-5;1-5-4-6(9)2-3-7(5)8;1-2-5-3-4-1;1-2(3)4;;/h12-17H,1-11H3;8-13H,1-7H3;3-8,18H,1-2H3;1-8H3;7-9H,1-6H3;2-4H,1H3;2-4,9H,1H3;1-3H,(H,4,5);1H3,(H,3,4);;1H3/q;;;;;;;;;+1;/p-1. The summed E-state index contributed by atoms with van der Waals surface area (Å²) in [5.41, 5.74) is 14.7. The first-order chi connectivity index (χ1) is 56.0. The van der Waals surface area contributed by atoms with Crippen LogP contribution >= 0.6 is 68.8 Å². The Hall–Kier alpha value is -3.60. The summed E-state index contributed by atoms with van der Waals surface area (Å²) in [4.78, 5) is 32.2. The van der Waals surface area contributed by atoms with E-state index in [1.165, 1.54) is 5.56 Å². The van der Waals surface area contributed by atoms with Gasteiger partial charge in [-0.3, -0.25) is 18.8 Å². The Morgan fingerprint density at radius 3 is 1.14 bits per heavy atom. The monoisotopic (exact) mass is 2010 g/mol. The molecule has 124 heavy (non-hydrogen) atoms. The topological polar surface area (TPSA) is 243 Å². The molecule has 1 unspecified atom stereocenters. The van der Waals surface area contributed by atoms with E-state index in [4.69, 9.17) is 62.9 Å². The van der Waals surface area contributed by atoms with E-state index in [1.807, 2.05) is 116 Å². The Morgan fingerprint density at radius 2 is 0.815 bits per heavy atom. The number of imidazole rings is 3. The fraction of sp³-hybridized carbons (Fsp3) is 0.565. The Bertz CT molecular complexity index is 4620. The summed E-state index contributed by atoms with van der Waals surface area (Å²) in [5, 5.41) is 27.3. The third-order valence-corrected chi connectivity index (χ3v) is 48.5. The molecule has 3 aliphatic rings. The molecule has 0 radical (unpaired) electrons. The van der Waals surface area contributed by atoms with Crippen LogP contribution in [0.4, 0.5) is 0 Å². The molecule has 0 spiro atoms. The number of hydrogen-bond donors (Lipinski definition) is 3. The Balaban J connectivity index is 0.000000491. The largest absolute Gasteiger partial charge is 1.00 e. The van der Waals surface area contributed by atoms with Crippen LogP contribution in [0.15, 0.2) is 142 Å². The van der Waals surface area contributed by atoms with Crippen molar-refractivity contribution < 1.29 is 108 Å². The number of phenols is 2. The summed E-state index contributed by atoms with van der Waals surface area (Å²) < 4.78 is 56.9. The Morgan fingerprint density at radius 1 is 0.476 bits per heavy atom. The Labute approximate surface area is 824 Å². The van der Waals surface area contributed by atoms with Crippen LogP contribution in [0.2, 0.25) is 49.9 Å². The molecule has 8 heterocycles. The number of aromatic nitrogens is 8. The number of aromatic hydroxyl groups is 2. The van der Waals surface area contributed by atoms with Crippen LogP contribution in [0.3, 0.4) is 0 Å². The minimum absolute atomic E-state index is 0. The second-order valence-electron chi connectivity index (χ2n) is 37.7. The molecule has 1 atom stereocenters. The van der Waals surface area contributed by atoms with Crippen LogP contribution in [-0.4, -0.2) is 134 Å². The van der Waals surface area contributed by atoms with Crippen molar-refractivity contribution in [2.45, 2.75) is 340 Å². The molecular weight excluding hydrogens is 1870 g/mol. The number of carboxylic acid groups (broad SMARTS) is 1. The Kier molecular flexibility index (Phi) is 46.2. The number of fused-ring (bicyclic) bond motifs is 2. The first-order valence-electron chi connectivity index (χ1n) is 42.6. The van der Waals surface area contributed by atoms with E-state index in [2.05, 4.69) is 280 Å². The molecule has 0 saturated carbocycles. The van der Waals surface area contributed by atoms with Gasteiger partial charge in [0.2, 0.25) is 0 Å². The predicted molar refractivity (Wildman–Crippen MR) is 534 cm³/mol. The number of carboxylic acids is 1. The number of hydrogen-bond acceptors (Lipinski definition) is 17. The number of H-pyrrole nitrogens is 1. The number of aryl methyl sites for hydroxylation is 6. The van der Waals surface area contributed by atoms with E-state index >= 15 is 0 Å². The normalized spacial score (nSPS) is 15.8. The number of nitrogens with one attached hydrogen (secondary N) is 1. The zero-order chi connectivity index (χ0) is 93.3. The van der Waals surface area contributed by atoms with Crippen molar-refractivity contribution in [1.82, 2.24) is 38.7 Å². The van der Waals surface area contributed by atoms with Crippen LogP contribution < -0.4 is 70.8 Å². The maximum Gasteiger partial charge on any atom is 1.00 e. The molecule has 0 amide bonds. The van der Waals surface area contributed by atoms with Crippen LogP contribution in [0.1, 0.15) is 248 Å². The maximum absolute atomic E-state index is 9.49. The molecule has 3 N–H and O–H groups in total. The summed E-state index contributed by atoms with van der Waals surface area (Å²) in [7, 11) is -6.56. The van der Waals surface area contributed by atoms with E-state index in [0.717, 1.165) is 88.1 Å². The zero-order valence-corrected chi connectivity index (χ0v) is 94.9. The quantitative estimate of drug-likeness (QED) is 0.0462. The molecule has 32 heteroatoms. The maximum atomic E-state index is 9.49. The van der Waals surface area contributed by atoms with Crippen molar-refractivity contribution in [2.24, 2.45) is 0 Å². The van der Waals surface area contributed by atoms with Crippen molar-refractivity contribution in [1.29, 1.82) is 0 Å². The van der Waals surface area contributed by atoms with Gasteiger partial charge in [-0.1, -0.05) is 163 Å². The molecule has 12 rings (SSSR count). The zero-order valence-electron chi connectivity index (χ0n) is 81.9. The van der Waals surface area contributed by atoms with Crippen molar-refractivity contribution >= 4 is 137 Å². The number of halogens is 4. The number of aromatic amines is 1. The minimum Gasteiger partial charge on any atom is -0.550 e. The van der Waals surface area contributed by atoms with Crippen LogP contribution in [0.25, 0.3) is 22.6 Å². The first-order valence-corrected chi connectivity index (χ1v) is 52.5. The van der Waals surface area contributed by atoms with E-state index in [0.29, 0.717) is 55.6 Å². The van der Waals surface area contributed by atoms with E-state index in [-0.39, 0.29) is 108 Å². The number of carbonyl (C=O) groups is 1. The fourth-order valence-electron chi connectivity index (χ4n) is 15.8. The molecule has 3 aliphatic heterocycles. The SMILES string of the molecule is CC(=O)[O-].CC(C)[Si](Cl)(C(C)C)C(C)C.CC1(C)OB(B2OC(C)(C)C(C)(C)O2)OC1(C)C.Cc1cc(O)ccc1-c1c(C)ncc2nccn12.Cc1cc(O)ccc1Br.Cc1cc(O[Si](C(C)C)(C(C)C)C(C)C)ccc1B1OC(C)(C)C(C)(C)O1.Cc1cc(O[Si](C(C)C)(C(C)C)C(C)C)ccc1Br.Cc1ncc2nccn2c1Br.P.[K+].c1c[nH]cn1. The molecule has 20 nitrogen and oxygen atoms in total. The summed E-state index contributed by atoms with van der Waals surface area (Å²) in [6.07, 6.45) is 15.9. The molecule has 682 valence electrons. The number of rotatable bonds is 16. The van der Waals surface area contributed by atoms with E-state index in [9.17, 15) is 5.11 Å². The summed E-state index contributed by atoms with van der Waals surface area (Å²) in [5.74, 6) is 1.52. The van der Waals surface area contributed by atoms with Crippen LogP contribution in [0, 0.1) is 41.5 Å². The van der Waals surface area contributed by atoms with Crippen molar-refractivity contribution in [2.75, 3.05) is 0 Å². The number of aliphatic carboxylic acids is 1. The number of nitrogens with zero attached hydrogens (tertiary/aromatic N) is 7. The molecule has 3 fully saturated rings. The van der Waals surface area contributed by atoms with Gasteiger partial charge in [-0.2, -0.15) is 21.0 Å². The van der Waals surface area contributed by atoms with Gasteiger partial charge in [0.15, 0.2) is 18.7 Å². The van der Waals surface area contributed by atoms with Gasteiger partial charge < -0.3 is 61.9 Å². The summed E-state index contributed by atoms with van der Waals surface area (Å²) >= 11 is 17.0. The number of carbonyl (C=O) groups excluding carboxylic acids is 1. The average Bonchev–Trinajstić information content (AvgIpc) is 1.59. The van der Waals surface area contributed by atoms with Gasteiger partial charge in [0.1, 0.15) is 27.6 Å². The van der Waals surface area contributed by atoms with Crippen LogP contribution in [0.5, 0.6) is 23.0 Å². The van der Waals surface area contributed by atoms with Crippen LogP contribution in [-0.2, 0) is 32.7 Å². The number of benzene rings is 4. The van der Waals surface area contributed by atoms with Gasteiger partial charge >= 0.3 is 72.5 Å². The van der Waals surface area contributed by atoms with Gasteiger partial charge in [0.25, 0.3) is 16.6 Å². The average molecular weight is 2020 g/mol. The first kappa shape index (κ1) is 116. The summed E-state index contributed by atoms with van der Waals surface area (Å²) in [6.45, 7) is 79.0. The van der Waals surface area contributed by atoms with Gasteiger partial charge in [0, 0.05) is 57.7 Å². The van der Waals surface area contributed by atoms with Gasteiger partial charge in [-0.15, -0.1) is 0 Å². The fourth-order valence-corrected chi connectivity index (χ4v) is 31.2.